The van der Waals surface area contributed by atoms with E-state index in [2.05, 4.69) is 31.0 Å². The van der Waals surface area contributed by atoms with Crippen molar-refractivity contribution in [2.45, 2.75) is 46.1 Å². The van der Waals surface area contributed by atoms with Gasteiger partial charge in [-0.25, -0.2) is 0 Å². The highest BCUT2D eigenvalue weighted by Gasteiger charge is 2.14. The zero-order chi connectivity index (χ0) is 17.2. The summed E-state index contributed by atoms with van der Waals surface area (Å²) in [5.74, 6) is 1.24. The quantitative estimate of drug-likeness (QED) is 0.669. The minimum atomic E-state index is -0.0116. The van der Waals surface area contributed by atoms with Gasteiger partial charge < -0.3 is 14.8 Å². The lowest BCUT2D eigenvalue weighted by Crippen LogP contribution is -2.38. The molecule has 130 valence electrons. The molecule has 5 heteroatoms. The standard InChI is InChI=1S/C18H30N2O3/c1-6-7-8-11-20(14(2)3)13-18(21)19-15-9-10-16(22-4)17(12-15)23-5/h9-10,12,14H,6-8,11,13H2,1-5H3,(H,19,21). The van der Waals surface area contributed by atoms with Crippen LogP contribution in [0.3, 0.4) is 0 Å². The largest absolute Gasteiger partial charge is 0.493 e. The number of anilines is 1. The average Bonchev–Trinajstić information content (AvgIpc) is 2.53. The second kappa shape index (κ2) is 10.1. The van der Waals surface area contributed by atoms with E-state index in [1.807, 2.05) is 6.07 Å². The van der Waals surface area contributed by atoms with E-state index >= 15 is 0 Å². The van der Waals surface area contributed by atoms with Gasteiger partial charge in [0.2, 0.25) is 5.91 Å². The summed E-state index contributed by atoms with van der Waals surface area (Å²) in [5.41, 5.74) is 0.713. The summed E-state index contributed by atoms with van der Waals surface area (Å²) in [6.07, 6.45) is 3.50. The molecule has 0 bridgehead atoms. The van der Waals surface area contributed by atoms with E-state index in [9.17, 15) is 4.79 Å². The smallest absolute Gasteiger partial charge is 0.238 e. The van der Waals surface area contributed by atoms with Gasteiger partial charge >= 0.3 is 0 Å². The third-order valence-electron chi connectivity index (χ3n) is 3.79. The fourth-order valence-corrected chi connectivity index (χ4v) is 2.38. The minimum Gasteiger partial charge on any atom is -0.493 e. The molecule has 0 radical (unpaired) electrons. The first-order chi connectivity index (χ1) is 11.0. The molecule has 0 aliphatic rings. The van der Waals surface area contributed by atoms with Gasteiger partial charge in [-0.2, -0.15) is 0 Å². The molecule has 0 atom stereocenters. The van der Waals surface area contributed by atoms with Gasteiger partial charge in [-0.3, -0.25) is 9.69 Å². The maximum absolute atomic E-state index is 12.3. The Bertz CT molecular complexity index is 489. The van der Waals surface area contributed by atoms with E-state index in [0.717, 1.165) is 13.0 Å². The lowest BCUT2D eigenvalue weighted by atomic mass is 10.2. The van der Waals surface area contributed by atoms with Crippen LogP contribution in [-0.2, 0) is 4.79 Å². The highest BCUT2D eigenvalue weighted by atomic mass is 16.5. The Morgan fingerprint density at radius 2 is 1.87 bits per heavy atom. The highest BCUT2D eigenvalue weighted by Crippen LogP contribution is 2.29. The van der Waals surface area contributed by atoms with Crippen molar-refractivity contribution in [1.29, 1.82) is 0 Å². The van der Waals surface area contributed by atoms with E-state index in [0.29, 0.717) is 29.8 Å². The summed E-state index contributed by atoms with van der Waals surface area (Å²) in [7, 11) is 3.17. The summed E-state index contributed by atoms with van der Waals surface area (Å²) in [6, 6.07) is 5.72. The molecule has 1 N–H and O–H groups in total. The van der Waals surface area contributed by atoms with E-state index in [4.69, 9.17) is 9.47 Å². The van der Waals surface area contributed by atoms with Gasteiger partial charge in [0.25, 0.3) is 0 Å². The second-order valence-corrected chi connectivity index (χ2v) is 5.89. The summed E-state index contributed by atoms with van der Waals surface area (Å²) in [5, 5.41) is 2.93. The third-order valence-corrected chi connectivity index (χ3v) is 3.79. The number of methoxy groups -OCH3 is 2. The number of carbonyl (C=O) groups excluding carboxylic acids is 1. The molecule has 0 heterocycles. The molecule has 1 aromatic rings. The summed E-state index contributed by atoms with van der Waals surface area (Å²) >= 11 is 0. The third kappa shape index (κ3) is 6.48. The number of unbranched alkanes of at least 4 members (excludes halogenated alkanes) is 2. The topological polar surface area (TPSA) is 50.8 Å². The monoisotopic (exact) mass is 322 g/mol. The summed E-state index contributed by atoms with van der Waals surface area (Å²) in [4.78, 5) is 14.5. The molecular weight excluding hydrogens is 292 g/mol. The van der Waals surface area contributed by atoms with E-state index < -0.39 is 0 Å². The molecule has 0 saturated heterocycles. The predicted octanol–water partition coefficient (Wildman–Crippen LogP) is 3.54. The molecule has 0 aliphatic heterocycles. The van der Waals surface area contributed by atoms with Crippen LogP contribution < -0.4 is 14.8 Å². The van der Waals surface area contributed by atoms with Gasteiger partial charge in [0.05, 0.1) is 20.8 Å². The minimum absolute atomic E-state index is 0.0116. The average molecular weight is 322 g/mol. The van der Waals surface area contributed by atoms with Crippen LogP contribution in [0.5, 0.6) is 11.5 Å². The zero-order valence-corrected chi connectivity index (χ0v) is 15.0. The van der Waals surface area contributed by atoms with Crippen molar-refractivity contribution in [1.82, 2.24) is 4.90 Å². The molecule has 1 amide bonds. The van der Waals surface area contributed by atoms with Crippen LogP contribution in [0.4, 0.5) is 5.69 Å². The van der Waals surface area contributed by atoms with Crippen molar-refractivity contribution in [3.05, 3.63) is 18.2 Å². The van der Waals surface area contributed by atoms with E-state index in [1.54, 1.807) is 26.4 Å². The lowest BCUT2D eigenvalue weighted by molar-refractivity contribution is -0.117. The van der Waals surface area contributed by atoms with E-state index in [1.165, 1.54) is 12.8 Å². The van der Waals surface area contributed by atoms with Crippen LogP contribution in [-0.4, -0.2) is 44.2 Å². The van der Waals surface area contributed by atoms with Crippen LogP contribution in [0.2, 0.25) is 0 Å². The van der Waals surface area contributed by atoms with Gasteiger partial charge in [0.15, 0.2) is 11.5 Å². The normalized spacial score (nSPS) is 10.9. The van der Waals surface area contributed by atoms with Crippen LogP contribution in [0.25, 0.3) is 0 Å². The summed E-state index contributed by atoms with van der Waals surface area (Å²) < 4.78 is 10.5. The number of hydrogen-bond donors (Lipinski definition) is 1. The SMILES string of the molecule is CCCCCN(CC(=O)Nc1ccc(OC)c(OC)c1)C(C)C. The van der Waals surface area contributed by atoms with Gasteiger partial charge in [-0.1, -0.05) is 19.8 Å². The molecule has 0 spiro atoms. The first-order valence-corrected chi connectivity index (χ1v) is 8.27. The Balaban J connectivity index is 2.63. The number of amides is 1. The fourth-order valence-electron chi connectivity index (χ4n) is 2.38. The first-order valence-electron chi connectivity index (χ1n) is 8.27. The Hall–Kier alpha value is -1.75. The van der Waals surface area contributed by atoms with Crippen molar-refractivity contribution in [3.8, 4) is 11.5 Å². The number of hydrogen-bond acceptors (Lipinski definition) is 4. The molecular formula is C18H30N2O3. The number of nitrogens with one attached hydrogen (secondary N) is 1. The fraction of sp³-hybridized carbons (Fsp3) is 0.611. The van der Waals surface area contributed by atoms with Crippen molar-refractivity contribution in [3.63, 3.8) is 0 Å². The highest BCUT2D eigenvalue weighted by molar-refractivity contribution is 5.92. The molecule has 5 nitrogen and oxygen atoms in total. The van der Waals surface area contributed by atoms with Gasteiger partial charge in [-0.05, 0) is 38.9 Å². The van der Waals surface area contributed by atoms with Crippen molar-refractivity contribution >= 4 is 11.6 Å². The Morgan fingerprint density at radius 1 is 1.17 bits per heavy atom. The number of benzene rings is 1. The molecule has 1 aromatic carbocycles. The molecule has 0 fully saturated rings. The van der Waals surface area contributed by atoms with Crippen molar-refractivity contribution in [2.24, 2.45) is 0 Å². The lowest BCUT2D eigenvalue weighted by Gasteiger charge is -2.25. The predicted molar refractivity (Wildman–Crippen MR) is 94.4 cm³/mol. The second-order valence-electron chi connectivity index (χ2n) is 5.89. The zero-order valence-electron chi connectivity index (χ0n) is 15.0. The number of carbonyl (C=O) groups is 1. The number of rotatable bonds is 10. The molecule has 23 heavy (non-hydrogen) atoms. The van der Waals surface area contributed by atoms with Crippen LogP contribution in [0, 0.1) is 0 Å². The number of ether oxygens (including phenoxy) is 2. The van der Waals surface area contributed by atoms with E-state index in [-0.39, 0.29) is 5.91 Å². The molecule has 0 aromatic heterocycles. The Kier molecular flexibility index (Phi) is 8.48. The van der Waals surface area contributed by atoms with Crippen LogP contribution in [0.15, 0.2) is 18.2 Å². The molecule has 0 aliphatic carbocycles. The van der Waals surface area contributed by atoms with Gasteiger partial charge in [0.1, 0.15) is 0 Å². The van der Waals surface area contributed by atoms with Gasteiger partial charge in [0, 0.05) is 17.8 Å². The summed E-state index contributed by atoms with van der Waals surface area (Å²) in [6.45, 7) is 7.77. The van der Waals surface area contributed by atoms with Crippen molar-refractivity contribution in [2.75, 3.05) is 32.6 Å². The number of nitrogens with zero attached hydrogens (tertiary/aromatic N) is 1. The first kappa shape index (κ1) is 19.3. The molecule has 0 unspecified atom stereocenters. The van der Waals surface area contributed by atoms with Gasteiger partial charge in [-0.15, -0.1) is 0 Å². The Labute approximate surface area is 140 Å². The van der Waals surface area contributed by atoms with Crippen LogP contribution in [0.1, 0.15) is 40.0 Å². The molecule has 1 rings (SSSR count). The van der Waals surface area contributed by atoms with Crippen LogP contribution >= 0.6 is 0 Å². The Morgan fingerprint density at radius 3 is 2.43 bits per heavy atom. The van der Waals surface area contributed by atoms with Crippen molar-refractivity contribution < 1.29 is 14.3 Å². The molecule has 0 saturated carbocycles. The maximum atomic E-state index is 12.3. The maximum Gasteiger partial charge on any atom is 0.238 e.